The molecule has 13 heteroatoms. The summed E-state index contributed by atoms with van der Waals surface area (Å²) in [4.78, 5) is 24.9. The van der Waals surface area contributed by atoms with Crippen LogP contribution in [-0.4, -0.2) is 57.6 Å². The maximum Gasteiger partial charge on any atom is 0.296 e. The molecule has 0 amide bonds. The van der Waals surface area contributed by atoms with Crippen molar-refractivity contribution in [2.75, 3.05) is 31.2 Å². The van der Waals surface area contributed by atoms with Crippen LogP contribution in [-0.2, 0) is 20.2 Å². The number of nitrogens with two attached hydrogens (primary N) is 1. The summed E-state index contributed by atoms with van der Waals surface area (Å²) < 4.78 is 65.1. The molecule has 0 bridgehead atoms. The average Bonchev–Trinajstić information content (AvgIpc) is 2.65. The average molecular weight is 455 g/mol. The fourth-order valence-electron chi connectivity index (χ4n) is 3.16. The Hall–Kier alpha value is -2.84. The highest BCUT2D eigenvalue weighted by molar-refractivity contribution is 7.86. The van der Waals surface area contributed by atoms with E-state index in [9.17, 15) is 35.5 Å². The van der Waals surface area contributed by atoms with Crippen molar-refractivity contribution in [3.8, 4) is 0 Å². The van der Waals surface area contributed by atoms with Gasteiger partial charge in [0.25, 0.3) is 20.2 Å². The molecule has 11 nitrogen and oxygen atoms in total. The third-order valence-electron chi connectivity index (χ3n) is 4.53. The summed E-state index contributed by atoms with van der Waals surface area (Å²) in [5.41, 5.74) is 3.95. The number of ketones is 2. The van der Waals surface area contributed by atoms with Gasteiger partial charge in [-0.15, -0.1) is 0 Å². The van der Waals surface area contributed by atoms with Crippen LogP contribution in [0, 0.1) is 0 Å². The molecule has 0 saturated heterocycles. The van der Waals surface area contributed by atoms with Gasteiger partial charge < -0.3 is 16.4 Å². The third-order valence-corrected chi connectivity index (χ3v) is 6.27. The van der Waals surface area contributed by atoms with E-state index in [4.69, 9.17) is 5.73 Å². The van der Waals surface area contributed by atoms with Gasteiger partial charge in [0.15, 0.2) is 11.6 Å². The van der Waals surface area contributed by atoms with E-state index in [1.807, 2.05) is 0 Å². The van der Waals surface area contributed by atoms with Crippen LogP contribution in [0.4, 0.5) is 11.4 Å². The summed E-state index contributed by atoms with van der Waals surface area (Å²) in [6, 6.07) is 3.74. The van der Waals surface area contributed by atoms with Crippen LogP contribution in [0.2, 0.25) is 0 Å². The van der Waals surface area contributed by atoms with Gasteiger partial charge in [-0.05, 0) is 31.3 Å². The molecule has 0 spiro atoms. The standard InChI is InChI=1S/C17H17N3O8S2/c1-19-4-5-20-11-7-12(30(26,27)28)15(18)14-13(11)17(22)10-6-8(29(23,24)25)2-3-9(10)16(14)21/h2-3,6-7,19-20H,4-5,18H2,1H3,(H,23,24,25)(H,26,27,28). The highest BCUT2D eigenvalue weighted by Crippen LogP contribution is 2.39. The van der Waals surface area contributed by atoms with Crippen LogP contribution in [0.5, 0.6) is 0 Å². The lowest BCUT2D eigenvalue weighted by Gasteiger charge is -2.24. The number of hydrogen-bond acceptors (Lipinski definition) is 9. The summed E-state index contributed by atoms with van der Waals surface area (Å²) in [5, 5.41) is 5.64. The van der Waals surface area contributed by atoms with E-state index >= 15 is 0 Å². The van der Waals surface area contributed by atoms with Crippen molar-refractivity contribution in [1.82, 2.24) is 5.32 Å². The van der Waals surface area contributed by atoms with E-state index in [0.717, 1.165) is 24.3 Å². The summed E-state index contributed by atoms with van der Waals surface area (Å²) >= 11 is 0. The van der Waals surface area contributed by atoms with Crippen LogP contribution in [0.3, 0.4) is 0 Å². The lowest BCUT2D eigenvalue weighted by atomic mass is 9.82. The quantitative estimate of drug-likeness (QED) is 0.193. The number of anilines is 2. The predicted octanol–water partition coefficient (Wildman–Crippen LogP) is 0.169. The van der Waals surface area contributed by atoms with Crippen LogP contribution in [0.1, 0.15) is 31.8 Å². The van der Waals surface area contributed by atoms with Crippen molar-refractivity contribution < 1.29 is 35.5 Å². The normalized spacial score (nSPS) is 13.7. The number of rotatable bonds is 6. The van der Waals surface area contributed by atoms with Crippen molar-refractivity contribution in [2.24, 2.45) is 0 Å². The summed E-state index contributed by atoms with van der Waals surface area (Å²) in [6.45, 7) is 0.628. The molecule has 30 heavy (non-hydrogen) atoms. The van der Waals surface area contributed by atoms with E-state index in [2.05, 4.69) is 10.6 Å². The van der Waals surface area contributed by atoms with Gasteiger partial charge in [0.1, 0.15) is 4.90 Å². The second-order valence-electron chi connectivity index (χ2n) is 6.43. The highest BCUT2D eigenvalue weighted by Gasteiger charge is 2.37. The van der Waals surface area contributed by atoms with Crippen LogP contribution in [0.15, 0.2) is 34.1 Å². The molecular weight excluding hydrogens is 438 g/mol. The van der Waals surface area contributed by atoms with Gasteiger partial charge in [-0.3, -0.25) is 18.7 Å². The molecule has 1 aliphatic carbocycles. The van der Waals surface area contributed by atoms with E-state index in [0.29, 0.717) is 6.54 Å². The van der Waals surface area contributed by atoms with Gasteiger partial charge in [0, 0.05) is 29.9 Å². The van der Waals surface area contributed by atoms with Crippen LogP contribution < -0.4 is 16.4 Å². The first-order chi connectivity index (χ1) is 13.9. The van der Waals surface area contributed by atoms with Crippen molar-refractivity contribution in [3.05, 3.63) is 46.5 Å². The Morgan fingerprint density at radius 3 is 2.10 bits per heavy atom. The van der Waals surface area contributed by atoms with Crippen molar-refractivity contribution in [1.29, 1.82) is 0 Å². The smallest absolute Gasteiger partial charge is 0.296 e. The van der Waals surface area contributed by atoms with Gasteiger partial charge >= 0.3 is 0 Å². The van der Waals surface area contributed by atoms with Gasteiger partial charge in [0.05, 0.1) is 21.7 Å². The van der Waals surface area contributed by atoms with E-state index in [-0.39, 0.29) is 28.9 Å². The van der Waals surface area contributed by atoms with Crippen molar-refractivity contribution >= 4 is 43.2 Å². The Balaban J connectivity index is 2.33. The Kier molecular flexibility index (Phi) is 5.43. The lowest BCUT2D eigenvalue weighted by molar-refractivity contribution is 0.0979. The van der Waals surface area contributed by atoms with Crippen molar-refractivity contribution in [2.45, 2.75) is 9.79 Å². The monoisotopic (exact) mass is 455 g/mol. The molecule has 0 aliphatic heterocycles. The summed E-state index contributed by atoms with van der Waals surface area (Å²) in [5.74, 6) is -1.63. The van der Waals surface area contributed by atoms with Crippen molar-refractivity contribution in [3.63, 3.8) is 0 Å². The number of hydrogen-bond donors (Lipinski definition) is 5. The van der Waals surface area contributed by atoms with Gasteiger partial charge in [0.2, 0.25) is 0 Å². The Morgan fingerprint density at radius 1 is 0.900 bits per heavy atom. The molecule has 0 heterocycles. The maximum atomic E-state index is 13.1. The first-order valence-electron chi connectivity index (χ1n) is 8.41. The largest absolute Gasteiger partial charge is 0.397 e. The number of fused-ring (bicyclic) bond motifs is 2. The fourth-order valence-corrected chi connectivity index (χ4v) is 4.31. The molecule has 0 saturated carbocycles. The SMILES string of the molecule is CNCCNc1cc(S(=O)(=O)O)c(N)c2c1C(=O)c1cc(S(=O)(=O)O)ccc1C2=O. The van der Waals surface area contributed by atoms with Gasteiger partial charge in [-0.25, -0.2) is 0 Å². The molecule has 0 aromatic heterocycles. The van der Waals surface area contributed by atoms with Crippen LogP contribution >= 0.6 is 0 Å². The van der Waals surface area contributed by atoms with Gasteiger partial charge in [-0.2, -0.15) is 16.8 Å². The first kappa shape index (κ1) is 21.9. The highest BCUT2D eigenvalue weighted by atomic mass is 32.2. The van der Waals surface area contributed by atoms with Crippen LogP contribution in [0.25, 0.3) is 0 Å². The molecule has 3 rings (SSSR count). The van der Waals surface area contributed by atoms with Gasteiger partial charge in [-0.1, -0.05) is 0 Å². The number of benzene rings is 2. The zero-order valence-corrected chi connectivity index (χ0v) is 17.1. The van der Waals surface area contributed by atoms with E-state index in [1.165, 1.54) is 0 Å². The third kappa shape index (κ3) is 3.68. The Morgan fingerprint density at radius 2 is 1.53 bits per heavy atom. The number of likely N-dealkylation sites (N-methyl/N-ethyl adjacent to an activating group) is 1. The number of carbonyl (C=O) groups is 2. The van der Waals surface area contributed by atoms with E-state index in [1.54, 1.807) is 7.05 Å². The minimum absolute atomic E-state index is 0.0802. The predicted molar refractivity (Wildman–Crippen MR) is 106 cm³/mol. The molecule has 0 unspecified atom stereocenters. The number of carbonyl (C=O) groups excluding carboxylic acids is 2. The minimum atomic E-state index is -4.82. The Labute approximate surface area is 171 Å². The first-order valence-corrected chi connectivity index (χ1v) is 11.3. The minimum Gasteiger partial charge on any atom is -0.397 e. The maximum absolute atomic E-state index is 13.1. The molecule has 160 valence electrons. The number of nitrogens with one attached hydrogen (secondary N) is 2. The fraction of sp³-hybridized carbons (Fsp3) is 0.176. The molecule has 0 atom stereocenters. The molecule has 0 radical (unpaired) electrons. The summed E-state index contributed by atoms with van der Waals surface area (Å²) in [7, 11) is -7.80. The second-order valence-corrected chi connectivity index (χ2v) is 9.24. The molecule has 2 aromatic carbocycles. The molecule has 6 N–H and O–H groups in total. The molecule has 2 aromatic rings. The topological polar surface area (TPSA) is 193 Å². The second kappa shape index (κ2) is 7.45. The molecular formula is C17H17N3O8S2. The zero-order valence-electron chi connectivity index (χ0n) is 15.5. The lowest BCUT2D eigenvalue weighted by Crippen LogP contribution is -2.27. The Bertz CT molecular complexity index is 1300. The zero-order chi connectivity index (χ0) is 22.4. The molecule has 1 aliphatic rings. The van der Waals surface area contributed by atoms with E-state index < -0.39 is 52.8 Å². The number of nitrogen functional groups attached to an aromatic ring is 1. The molecule has 0 fully saturated rings. The summed E-state index contributed by atoms with van der Waals surface area (Å²) in [6.07, 6.45) is 0.